The SMILES string of the molecule is COc1cccc2c1[N+]([O-])=C(c1cccc3ccccc13)C2=O. The number of benzene rings is 3. The van der Waals surface area contributed by atoms with Gasteiger partial charge >= 0.3 is 0 Å². The van der Waals surface area contributed by atoms with Crippen LogP contribution in [-0.2, 0) is 0 Å². The van der Waals surface area contributed by atoms with Crippen LogP contribution in [0.3, 0.4) is 0 Å². The van der Waals surface area contributed by atoms with E-state index >= 15 is 0 Å². The molecule has 3 aromatic rings. The molecule has 0 amide bonds. The molecule has 4 rings (SSSR count). The Bertz CT molecular complexity index is 984. The predicted molar refractivity (Wildman–Crippen MR) is 88.7 cm³/mol. The molecule has 4 heteroatoms. The summed E-state index contributed by atoms with van der Waals surface area (Å²) in [4.78, 5) is 12.8. The van der Waals surface area contributed by atoms with Gasteiger partial charge in [-0.2, -0.15) is 4.74 Å². The van der Waals surface area contributed by atoms with Gasteiger partial charge in [0.1, 0.15) is 5.56 Å². The van der Waals surface area contributed by atoms with E-state index < -0.39 is 0 Å². The Hall–Kier alpha value is -3.14. The smallest absolute Gasteiger partial charge is 0.273 e. The Balaban J connectivity index is 2.03. The van der Waals surface area contributed by atoms with Crippen molar-refractivity contribution < 1.29 is 14.3 Å². The van der Waals surface area contributed by atoms with Crippen molar-refractivity contribution in [2.45, 2.75) is 0 Å². The second kappa shape index (κ2) is 4.95. The van der Waals surface area contributed by atoms with Crippen molar-refractivity contribution in [3.8, 4) is 5.75 Å². The van der Waals surface area contributed by atoms with E-state index in [-0.39, 0.29) is 17.2 Å². The molecule has 0 radical (unpaired) electrons. The summed E-state index contributed by atoms with van der Waals surface area (Å²) in [6, 6.07) is 18.4. The lowest BCUT2D eigenvalue weighted by Crippen LogP contribution is -2.17. The van der Waals surface area contributed by atoms with Gasteiger partial charge in [0.2, 0.25) is 0 Å². The van der Waals surface area contributed by atoms with Gasteiger partial charge in [0.15, 0.2) is 5.75 Å². The quantitative estimate of drug-likeness (QED) is 0.536. The highest BCUT2D eigenvalue weighted by Gasteiger charge is 2.39. The van der Waals surface area contributed by atoms with Crippen LogP contribution in [0.5, 0.6) is 5.75 Å². The van der Waals surface area contributed by atoms with Crippen LogP contribution in [0.15, 0.2) is 60.7 Å². The van der Waals surface area contributed by atoms with Crippen LogP contribution in [0.25, 0.3) is 10.8 Å². The fourth-order valence-electron chi connectivity index (χ4n) is 3.07. The van der Waals surface area contributed by atoms with E-state index in [1.807, 2.05) is 36.4 Å². The third-order valence-corrected chi connectivity index (χ3v) is 4.13. The molecule has 1 heterocycles. The zero-order valence-corrected chi connectivity index (χ0v) is 12.4. The molecule has 0 bridgehead atoms. The van der Waals surface area contributed by atoms with Crippen LogP contribution in [0.2, 0.25) is 0 Å². The molecule has 0 spiro atoms. The maximum atomic E-state index is 12.8. The van der Waals surface area contributed by atoms with Crippen molar-refractivity contribution in [1.29, 1.82) is 0 Å². The number of ether oxygens (including phenoxy) is 1. The lowest BCUT2D eigenvalue weighted by Gasteiger charge is -2.07. The number of hydrogen-bond donors (Lipinski definition) is 0. The van der Waals surface area contributed by atoms with Gasteiger partial charge in [-0.3, -0.25) is 4.79 Å². The number of rotatable bonds is 2. The first-order valence-corrected chi connectivity index (χ1v) is 7.26. The predicted octanol–water partition coefficient (Wildman–Crippen LogP) is 3.68. The number of carbonyl (C=O) groups is 1. The Labute approximate surface area is 132 Å². The highest BCUT2D eigenvalue weighted by Crippen LogP contribution is 2.37. The van der Waals surface area contributed by atoms with Crippen molar-refractivity contribution in [2.24, 2.45) is 0 Å². The molecule has 4 nitrogen and oxygen atoms in total. The van der Waals surface area contributed by atoms with Gasteiger partial charge in [-0.15, -0.1) is 0 Å². The molecule has 1 aliphatic rings. The second-order valence-corrected chi connectivity index (χ2v) is 5.36. The summed E-state index contributed by atoms with van der Waals surface area (Å²) < 4.78 is 5.93. The Morgan fingerprint density at radius 2 is 1.61 bits per heavy atom. The molecule has 0 saturated heterocycles. The molecule has 0 aliphatic carbocycles. The summed E-state index contributed by atoms with van der Waals surface area (Å²) in [5.41, 5.74) is 1.44. The molecule has 0 unspecified atom stereocenters. The minimum absolute atomic E-state index is 0.140. The van der Waals surface area contributed by atoms with Crippen molar-refractivity contribution in [3.63, 3.8) is 0 Å². The van der Waals surface area contributed by atoms with E-state index in [1.165, 1.54) is 7.11 Å². The Morgan fingerprint density at radius 1 is 0.913 bits per heavy atom. The number of hydrogen-bond acceptors (Lipinski definition) is 3. The summed E-state index contributed by atoms with van der Waals surface area (Å²) in [5, 5.41) is 14.7. The first kappa shape index (κ1) is 13.5. The number of methoxy groups -OCH3 is 1. The normalized spacial score (nSPS) is 13.5. The highest BCUT2D eigenvalue weighted by atomic mass is 16.5. The van der Waals surface area contributed by atoms with E-state index in [2.05, 4.69) is 0 Å². The Kier molecular flexibility index (Phi) is 2.91. The standard InChI is InChI=1S/C19H13NO3/c1-23-16-11-5-10-15-17(16)20(22)18(19(15)21)14-9-4-7-12-6-2-3-8-13(12)14/h2-11H,1H3. The number of para-hydroxylation sites is 1. The fraction of sp³-hybridized carbons (Fsp3) is 0.0526. The minimum Gasteiger partial charge on any atom is -0.618 e. The molecule has 0 aromatic heterocycles. The van der Waals surface area contributed by atoms with Gasteiger partial charge in [0.05, 0.1) is 12.7 Å². The maximum absolute atomic E-state index is 12.8. The molecule has 0 atom stereocenters. The van der Waals surface area contributed by atoms with E-state index in [9.17, 15) is 10.0 Å². The van der Waals surface area contributed by atoms with E-state index in [4.69, 9.17) is 4.74 Å². The van der Waals surface area contributed by atoms with Gasteiger partial charge in [0.25, 0.3) is 17.2 Å². The molecule has 0 saturated carbocycles. The van der Waals surface area contributed by atoms with Gasteiger partial charge in [-0.25, -0.2) is 0 Å². The summed E-state index contributed by atoms with van der Waals surface area (Å²) in [7, 11) is 1.49. The largest absolute Gasteiger partial charge is 0.618 e. The van der Waals surface area contributed by atoms with Crippen molar-refractivity contribution in [3.05, 3.63) is 77.0 Å². The average Bonchev–Trinajstić information content (AvgIpc) is 2.85. The average molecular weight is 303 g/mol. The van der Waals surface area contributed by atoms with Crippen LogP contribution in [0, 0.1) is 5.21 Å². The first-order chi connectivity index (χ1) is 11.2. The van der Waals surface area contributed by atoms with Gasteiger partial charge in [0, 0.05) is 0 Å². The minimum atomic E-state index is -0.273. The van der Waals surface area contributed by atoms with Gasteiger partial charge in [-0.05, 0) is 29.0 Å². The second-order valence-electron chi connectivity index (χ2n) is 5.36. The molecule has 3 aromatic carbocycles. The molecule has 23 heavy (non-hydrogen) atoms. The summed E-state index contributed by atoms with van der Waals surface area (Å²) in [6.07, 6.45) is 0. The van der Waals surface area contributed by atoms with Crippen molar-refractivity contribution in [2.75, 3.05) is 7.11 Å². The van der Waals surface area contributed by atoms with Gasteiger partial charge in [-0.1, -0.05) is 42.5 Å². The third-order valence-electron chi connectivity index (χ3n) is 4.13. The Morgan fingerprint density at radius 3 is 2.43 bits per heavy atom. The molecule has 0 fully saturated rings. The highest BCUT2D eigenvalue weighted by molar-refractivity contribution is 6.53. The third kappa shape index (κ3) is 1.85. The zero-order chi connectivity index (χ0) is 16.0. The summed E-state index contributed by atoms with van der Waals surface area (Å²) in [5.74, 6) is 0.131. The summed E-state index contributed by atoms with van der Waals surface area (Å²) >= 11 is 0. The number of Topliss-reactive ketones (excluding diaryl/α,β-unsaturated/α-hetero) is 1. The van der Waals surface area contributed by atoms with Crippen molar-refractivity contribution in [1.82, 2.24) is 0 Å². The maximum Gasteiger partial charge on any atom is 0.273 e. The van der Waals surface area contributed by atoms with E-state index in [0.29, 0.717) is 21.6 Å². The van der Waals surface area contributed by atoms with E-state index in [0.717, 1.165) is 10.8 Å². The number of ketones is 1. The molecule has 0 N–H and O–H groups in total. The monoisotopic (exact) mass is 303 g/mol. The molecule has 112 valence electrons. The van der Waals surface area contributed by atoms with Gasteiger partial charge < -0.3 is 9.94 Å². The lowest BCUT2D eigenvalue weighted by atomic mass is 9.97. The van der Waals surface area contributed by atoms with Crippen LogP contribution >= 0.6 is 0 Å². The van der Waals surface area contributed by atoms with Crippen LogP contribution in [-0.4, -0.2) is 23.3 Å². The summed E-state index contributed by atoms with van der Waals surface area (Å²) in [6.45, 7) is 0. The van der Waals surface area contributed by atoms with Crippen LogP contribution in [0.1, 0.15) is 15.9 Å². The number of nitrogens with zero attached hydrogens (tertiary/aromatic N) is 1. The van der Waals surface area contributed by atoms with Crippen LogP contribution < -0.4 is 4.74 Å². The van der Waals surface area contributed by atoms with E-state index in [1.54, 1.807) is 24.3 Å². The zero-order valence-electron chi connectivity index (χ0n) is 12.4. The molecular weight excluding hydrogens is 290 g/mol. The molecule has 1 aliphatic heterocycles. The first-order valence-electron chi connectivity index (χ1n) is 7.26. The van der Waals surface area contributed by atoms with Crippen molar-refractivity contribution >= 4 is 28.0 Å². The number of fused-ring (bicyclic) bond motifs is 2. The molecular formula is C19H13NO3. The lowest BCUT2D eigenvalue weighted by molar-refractivity contribution is -0.356. The fourth-order valence-corrected chi connectivity index (χ4v) is 3.07. The van der Waals surface area contributed by atoms with Crippen LogP contribution in [0.4, 0.5) is 5.69 Å². The number of carbonyl (C=O) groups excluding carboxylic acids is 1. The topological polar surface area (TPSA) is 52.4 Å².